The Morgan fingerprint density at radius 1 is 1.00 bits per heavy atom. The zero-order valence-electron chi connectivity index (χ0n) is 17.9. The number of anilines is 1. The van der Waals surface area contributed by atoms with Gasteiger partial charge >= 0.3 is 12.1 Å². The molecule has 8 heteroatoms. The van der Waals surface area contributed by atoms with Crippen LogP contribution in [0.2, 0.25) is 0 Å². The normalized spacial score (nSPS) is 12.9. The number of carbonyl (C=O) groups is 3. The van der Waals surface area contributed by atoms with Crippen LogP contribution in [-0.4, -0.2) is 40.7 Å². The van der Waals surface area contributed by atoms with Crippen molar-refractivity contribution in [1.29, 1.82) is 0 Å². The summed E-state index contributed by atoms with van der Waals surface area (Å²) in [7, 11) is 0. The largest absolute Gasteiger partial charge is 0.477 e. The highest BCUT2D eigenvalue weighted by Crippen LogP contribution is 2.44. The molecule has 0 spiro atoms. The molecule has 3 aromatic rings. The number of hydrogen-bond donors (Lipinski definition) is 3. The number of carboxylic acids is 1. The Bertz CT molecular complexity index is 1150. The van der Waals surface area contributed by atoms with Gasteiger partial charge in [0.15, 0.2) is 0 Å². The van der Waals surface area contributed by atoms with Gasteiger partial charge in [-0.05, 0) is 41.3 Å². The van der Waals surface area contributed by atoms with Gasteiger partial charge in [-0.1, -0.05) is 48.5 Å². The summed E-state index contributed by atoms with van der Waals surface area (Å²) in [6.07, 6.45) is 0.695. The van der Waals surface area contributed by atoms with E-state index in [9.17, 15) is 14.4 Å². The van der Waals surface area contributed by atoms with Crippen LogP contribution in [0.4, 0.5) is 10.5 Å². The maximum Gasteiger partial charge on any atom is 0.407 e. The number of rotatable bonds is 7. The number of benzene rings is 2. The van der Waals surface area contributed by atoms with Gasteiger partial charge in [-0.2, -0.15) is 0 Å². The van der Waals surface area contributed by atoms with Crippen LogP contribution in [-0.2, 0) is 9.53 Å². The van der Waals surface area contributed by atoms with Crippen LogP contribution < -0.4 is 10.6 Å². The molecule has 4 rings (SSSR count). The number of alkyl carbamates (subject to hydrolysis) is 1. The first-order chi connectivity index (χ1) is 15.9. The van der Waals surface area contributed by atoms with Crippen molar-refractivity contribution < 1.29 is 24.2 Å². The highest BCUT2D eigenvalue weighted by molar-refractivity contribution is 5.92. The summed E-state index contributed by atoms with van der Waals surface area (Å²) in [4.78, 5) is 39.2. The molecule has 1 aromatic heterocycles. The molecule has 0 saturated heterocycles. The Balaban J connectivity index is 1.28. The predicted molar refractivity (Wildman–Crippen MR) is 122 cm³/mol. The standard InChI is InChI=1S/C25H23N3O5/c1-15(12-23(29)28-16-10-11-22(24(30)31)26-13-16)27-25(32)33-14-21-19-8-4-2-6-17(19)18-7-3-5-9-20(18)21/h2-11,13,15,21H,12,14H2,1H3,(H,27,32)(H,28,29)(H,30,31)/t15-/m1/s1. The third-order valence-corrected chi connectivity index (χ3v) is 5.47. The second kappa shape index (κ2) is 9.52. The summed E-state index contributed by atoms with van der Waals surface area (Å²) >= 11 is 0. The lowest BCUT2D eigenvalue weighted by molar-refractivity contribution is -0.116. The summed E-state index contributed by atoms with van der Waals surface area (Å²) in [5, 5.41) is 14.2. The topological polar surface area (TPSA) is 118 Å². The molecule has 1 heterocycles. The number of carboxylic acid groups (broad SMARTS) is 1. The number of carbonyl (C=O) groups excluding carboxylic acids is 2. The van der Waals surface area contributed by atoms with Crippen molar-refractivity contribution in [3.05, 3.63) is 83.7 Å². The fourth-order valence-corrected chi connectivity index (χ4v) is 3.98. The molecule has 0 aliphatic heterocycles. The van der Waals surface area contributed by atoms with E-state index in [1.807, 2.05) is 36.4 Å². The summed E-state index contributed by atoms with van der Waals surface area (Å²) < 4.78 is 5.50. The lowest BCUT2D eigenvalue weighted by Crippen LogP contribution is -2.36. The molecule has 0 radical (unpaired) electrons. The first-order valence-electron chi connectivity index (χ1n) is 10.5. The predicted octanol–water partition coefficient (Wildman–Crippen LogP) is 4.04. The van der Waals surface area contributed by atoms with Gasteiger partial charge in [0.05, 0.1) is 11.9 Å². The first-order valence-corrected chi connectivity index (χ1v) is 10.5. The van der Waals surface area contributed by atoms with E-state index in [2.05, 4.69) is 27.8 Å². The molecule has 1 atom stereocenters. The maximum atomic E-state index is 12.3. The Kier molecular flexibility index (Phi) is 6.35. The molecule has 2 aromatic carbocycles. The number of ether oxygens (including phenoxy) is 1. The molecule has 0 fully saturated rings. The van der Waals surface area contributed by atoms with E-state index in [-0.39, 0.29) is 30.5 Å². The number of amides is 2. The van der Waals surface area contributed by atoms with Gasteiger partial charge in [-0.3, -0.25) is 4.79 Å². The minimum Gasteiger partial charge on any atom is -0.477 e. The smallest absolute Gasteiger partial charge is 0.407 e. The van der Waals surface area contributed by atoms with Crippen LogP contribution in [0.3, 0.4) is 0 Å². The monoisotopic (exact) mass is 445 g/mol. The van der Waals surface area contributed by atoms with E-state index in [1.165, 1.54) is 18.3 Å². The lowest BCUT2D eigenvalue weighted by atomic mass is 9.98. The van der Waals surface area contributed by atoms with Gasteiger partial charge in [0.2, 0.25) is 5.91 Å². The van der Waals surface area contributed by atoms with Crippen LogP contribution in [0, 0.1) is 0 Å². The minimum atomic E-state index is -1.14. The SMILES string of the molecule is C[C@H](CC(=O)Nc1ccc(C(=O)O)nc1)NC(=O)OCC1c2ccccc2-c2ccccc21. The number of pyridine rings is 1. The van der Waals surface area contributed by atoms with Crippen molar-refractivity contribution in [3.8, 4) is 11.1 Å². The number of nitrogens with zero attached hydrogens (tertiary/aromatic N) is 1. The van der Waals surface area contributed by atoms with Gasteiger partial charge in [0, 0.05) is 18.4 Å². The highest BCUT2D eigenvalue weighted by Gasteiger charge is 2.29. The molecule has 1 aliphatic carbocycles. The zero-order valence-corrected chi connectivity index (χ0v) is 17.9. The molecule has 0 saturated carbocycles. The van der Waals surface area contributed by atoms with Crippen LogP contribution in [0.5, 0.6) is 0 Å². The summed E-state index contributed by atoms with van der Waals surface area (Å²) in [5.41, 5.74) is 4.82. The number of nitrogens with one attached hydrogen (secondary N) is 2. The molecular weight excluding hydrogens is 422 g/mol. The van der Waals surface area contributed by atoms with E-state index in [4.69, 9.17) is 9.84 Å². The van der Waals surface area contributed by atoms with Gasteiger partial charge < -0.3 is 20.5 Å². The molecule has 2 amide bonds. The van der Waals surface area contributed by atoms with Crippen LogP contribution in [0.25, 0.3) is 11.1 Å². The average molecular weight is 445 g/mol. The van der Waals surface area contributed by atoms with E-state index < -0.39 is 18.1 Å². The Hall–Kier alpha value is -4.20. The van der Waals surface area contributed by atoms with Crippen molar-refractivity contribution in [2.24, 2.45) is 0 Å². The Labute approximate surface area is 190 Å². The molecule has 0 unspecified atom stereocenters. The van der Waals surface area contributed by atoms with Crippen LogP contribution in [0.1, 0.15) is 40.9 Å². The number of aromatic nitrogens is 1. The second-order valence-electron chi connectivity index (χ2n) is 7.86. The van der Waals surface area contributed by atoms with Gasteiger partial charge in [0.25, 0.3) is 0 Å². The molecule has 33 heavy (non-hydrogen) atoms. The number of aromatic carboxylic acids is 1. The van der Waals surface area contributed by atoms with Gasteiger partial charge in [-0.15, -0.1) is 0 Å². The molecule has 168 valence electrons. The van der Waals surface area contributed by atoms with Gasteiger partial charge in [-0.25, -0.2) is 14.6 Å². The van der Waals surface area contributed by atoms with Crippen molar-refractivity contribution in [2.75, 3.05) is 11.9 Å². The number of fused-ring (bicyclic) bond motifs is 3. The molecular formula is C25H23N3O5. The minimum absolute atomic E-state index is 0.0187. The highest BCUT2D eigenvalue weighted by atomic mass is 16.5. The van der Waals surface area contributed by atoms with E-state index in [1.54, 1.807) is 6.92 Å². The average Bonchev–Trinajstić information content (AvgIpc) is 3.11. The van der Waals surface area contributed by atoms with Crippen molar-refractivity contribution >= 4 is 23.7 Å². The lowest BCUT2D eigenvalue weighted by Gasteiger charge is -2.17. The fourth-order valence-electron chi connectivity index (χ4n) is 3.98. The first kappa shape index (κ1) is 22.0. The Morgan fingerprint density at radius 3 is 2.21 bits per heavy atom. The van der Waals surface area contributed by atoms with E-state index in [0.717, 1.165) is 22.3 Å². The van der Waals surface area contributed by atoms with Gasteiger partial charge in [0.1, 0.15) is 12.3 Å². The molecule has 3 N–H and O–H groups in total. The fraction of sp³-hybridized carbons (Fsp3) is 0.200. The van der Waals surface area contributed by atoms with E-state index in [0.29, 0.717) is 5.69 Å². The van der Waals surface area contributed by atoms with Crippen molar-refractivity contribution in [1.82, 2.24) is 10.3 Å². The molecule has 1 aliphatic rings. The Morgan fingerprint density at radius 2 is 1.64 bits per heavy atom. The molecule has 0 bridgehead atoms. The zero-order chi connectivity index (χ0) is 23.4. The molecule has 8 nitrogen and oxygen atoms in total. The third-order valence-electron chi connectivity index (χ3n) is 5.47. The second-order valence-corrected chi connectivity index (χ2v) is 7.86. The maximum absolute atomic E-state index is 12.3. The van der Waals surface area contributed by atoms with Crippen LogP contribution in [0.15, 0.2) is 66.9 Å². The van der Waals surface area contributed by atoms with Crippen molar-refractivity contribution in [3.63, 3.8) is 0 Å². The third kappa shape index (κ3) is 5.01. The van der Waals surface area contributed by atoms with Crippen molar-refractivity contribution in [2.45, 2.75) is 25.3 Å². The van der Waals surface area contributed by atoms with Crippen LogP contribution >= 0.6 is 0 Å². The number of hydrogen-bond acceptors (Lipinski definition) is 5. The summed E-state index contributed by atoms with van der Waals surface area (Å²) in [5.74, 6) is -1.52. The quantitative estimate of drug-likeness (QED) is 0.505. The van der Waals surface area contributed by atoms with E-state index >= 15 is 0 Å². The summed E-state index contributed by atoms with van der Waals surface area (Å²) in [6, 6.07) is 18.5. The summed E-state index contributed by atoms with van der Waals surface area (Å²) in [6.45, 7) is 1.90.